The van der Waals surface area contributed by atoms with E-state index in [1.54, 1.807) is 4.90 Å². The van der Waals surface area contributed by atoms with Crippen LogP contribution in [0.4, 0.5) is 0 Å². The van der Waals surface area contributed by atoms with Crippen molar-refractivity contribution in [1.29, 1.82) is 0 Å². The zero-order chi connectivity index (χ0) is 17.3. The van der Waals surface area contributed by atoms with E-state index in [2.05, 4.69) is 4.98 Å². The number of amides is 1. The number of aromatic carboxylic acids is 1. The number of nitrogens with zero attached hydrogens (tertiary/aromatic N) is 2. The van der Waals surface area contributed by atoms with Gasteiger partial charge in [-0.2, -0.15) is 0 Å². The number of benzene rings is 1. The molecule has 0 bridgehead atoms. The van der Waals surface area contributed by atoms with Crippen molar-refractivity contribution < 1.29 is 14.7 Å². The maximum Gasteiger partial charge on any atom is 0.262 e. The van der Waals surface area contributed by atoms with Crippen LogP contribution in [0.2, 0.25) is 0 Å². The van der Waals surface area contributed by atoms with Gasteiger partial charge in [0.15, 0.2) is 4.77 Å². The number of aromatic nitrogens is 2. The molecule has 1 saturated heterocycles. The summed E-state index contributed by atoms with van der Waals surface area (Å²) in [5.41, 5.74) is 0.0851. The standard InChI is InChI=1S/C16H17N3O4S/c20-13-3-1-6-18(13)7-2-8-19-14(21)11-5-4-10(15(22)23)9-12(11)17-16(19)24/h4-5,9H,1-3,6-8H2,(H,17,24)(H,22,23)/p-1. The molecule has 2 aromatic rings. The molecule has 24 heavy (non-hydrogen) atoms. The molecule has 1 N–H and O–H groups in total. The van der Waals surface area contributed by atoms with Crippen LogP contribution in [0.25, 0.3) is 10.9 Å². The van der Waals surface area contributed by atoms with Crippen LogP contribution in [0.3, 0.4) is 0 Å². The highest BCUT2D eigenvalue weighted by molar-refractivity contribution is 7.71. The van der Waals surface area contributed by atoms with E-state index in [0.29, 0.717) is 36.8 Å². The highest BCUT2D eigenvalue weighted by atomic mass is 32.1. The molecule has 1 aliphatic heterocycles. The molecule has 1 amide bonds. The van der Waals surface area contributed by atoms with Gasteiger partial charge in [-0.25, -0.2) is 0 Å². The first-order chi connectivity index (χ1) is 11.5. The quantitative estimate of drug-likeness (QED) is 0.792. The van der Waals surface area contributed by atoms with Gasteiger partial charge in [0.05, 0.1) is 16.9 Å². The Morgan fingerprint density at radius 2 is 2.08 bits per heavy atom. The minimum atomic E-state index is -1.31. The molecular weight excluding hydrogens is 330 g/mol. The number of hydrogen-bond donors (Lipinski definition) is 1. The van der Waals surface area contributed by atoms with Gasteiger partial charge in [0.25, 0.3) is 5.56 Å². The van der Waals surface area contributed by atoms with Crippen molar-refractivity contribution in [1.82, 2.24) is 14.5 Å². The van der Waals surface area contributed by atoms with Crippen LogP contribution in [0.5, 0.6) is 0 Å². The first kappa shape index (κ1) is 16.4. The molecule has 0 unspecified atom stereocenters. The summed E-state index contributed by atoms with van der Waals surface area (Å²) in [5.74, 6) is -1.16. The first-order valence-corrected chi connectivity index (χ1v) is 8.14. The molecule has 1 aromatic heterocycles. The molecule has 126 valence electrons. The zero-order valence-electron chi connectivity index (χ0n) is 12.9. The maximum absolute atomic E-state index is 12.6. The molecule has 0 spiro atoms. The number of nitrogens with one attached hydrogen (secondary N) is 1. The summed E-state index contributed by atoms with van der Waals surface area (Å²) in [4.78, 5) is 39.7. The van der Waals surface area contributed by atoms with Gasteiger partial charge < -0.3 is 19.8 Å². The number of carbonyl (C=O) groups is 2. The van der Waals surface area contributed by atoms with Crippen LogP contribution in [0.1, 0.15) is 29.6 Å². The number of rotatable bonds is 5. The third-order valence-corrected chi connectivity index (χ3v) is 4.52. The molecule has 1 aromatic carbocycles. The summed E-state index contributed by atoms with van der Waals surface area (Å²) in [5, 5.41) is 11.3. The molecule has 2 heterocycles. The molecule has 0 saturated carbocycles. The summed E-state index contributed by atoms with van der Waals surface area (Å²) in [6.45, 7) is 1.77. The van der Waals surface area contributed by atoms with E-state index in [0.717, 1.165) is 13.0 Å². The van der Waals surface area contributed by atoms with E-state index in [4.69, 9.17) is 12.2 Å². The molecule has 1 fully saturated rings. The normalized spacial score (nSPS) is 14.5. The summed E-state index contributed by atoms with van der Waals surface area (Å²) in [6, 6.07) is 4.13. The van der Waals surface area contributed by atoms with Gasteiger partial charge in [-0.15, -0.1) is 0 Å². The fourth-order valence-corrected chi connectivity index (χ4v) is 3.23. The lowest BCUT2D eigenvalue weighted by Gasteiger charge is -2.16. The molecular formula is C16H16N3O4S-. The lowest BCUT2D eigenvalue weighted by Crippen LogP contribution is -2.29. The van der Waals surface area contributed by atoms with Crippen molar-refractivity contribution in [2.75, 3.05) is 13.1 Å². The van der Waals surface area contributed by atoms with Crippen molar-refractivity contribution in [3.8, 4) is 0 Å². The van der Waals surface area contributed by atoms with Gasteiger partial charge in [-0.3, -0.25) is 14.2 Å². The second-order valence-electron chi connectivity index (χ2n) is 5.77. The van der Waals surface area contributed by atoms with Crippen molar-refractivity contribution in [3.05, 3.63) is 38.9 Å². The molecule has 0 aliphatic carbocycles. The minimum Gasteiger partial charge on any atom is -0.545 e. The van der Waals surface area contributed by atoms with Crippen LogP contribution >= 0.6 is 12.2 Å². The average molecular weight is 346 g/mol. The Balaban J connectivity index is 1.84. The van der Waals surface area contributed by atoms with Gasteiger partial charge in [0.1, 0.15) is 0 Å². The Bertz CT molecular complexity index is 931. The summed E-state index contributed by atoms with van der Waals surface area (Å²) < 4.78 is 1.67. The van der Waals surface area contributed by atoms with Crippen LogP contribution < -0.4 is 10.7 Å². The highest BCUT2D eigenvalue weighted by Crippen LogP contribution is 2.12. The van der Waals surface area contributed by atoms with Gasteiger partial charge >= 0.3 is 0 Å². The maximum atomic E-state index is 12.6. The van der Waals surface area contributed by atoms with E-state index in [1.165, 1.54) is 22.8 Å². The molecule has 1 aliphatic rings. The lowest BCUT2D eigenvalue weighted by molar-refractivity contribution is -0.255. The minimum absolute atomic E-state index is 0.0159. The van der Waals surface area contributed by atoms with E-state index in [9.17, 15) is 19.5 Å². The van der Waals surface area contributed by atoms with Crippen molar-refractivity contribution in [2.45, 2.75) is 25.8 Å². The summed E-state index contributed by atoms with van der Waals surface area (Å²) in [6.07, 6.45) is 2.11. The Morgan fingerprint density at radius 1 is 1.29 bits per heavy atom. The largest absolute Gasteiger partial charge is 0.545 e. The Labute approximate surface area is 142 Å². The average Bonchev–Trinajstić information content (AvgIpc) is 2.95. The molecule has 3 rings (SSSR count). The number of aromatic amines is 1. The fourth-order valence-electron chi connectivity index (χ4n) is 2.94. The smallest absolute Gasteiger partial charge is 0.262 e. The summed E-state index contributed by atoms with van der Waals surface area (Å²) in [7, 11) is 0. The van der Waals surface area contributed by atoms with Crippen LogP contribution in [0.15, 0.2) is 23.0 Å². The monoisotopic (exact) mass is 346 g/mol. The summed E-state index contributed by atoms with van der Waals surface area (Å²) >= 11 is 5.21. The van der Waals surface area contributed by atoms with Crippen molar-refractivity contribution in [2.24, 2.45) is 0 Å². The Morgan fingerprint density at radius 3 is 2.75 bits per heavy atom. The van der Waals surface area contributed by atoms with Crippen molar-refractivity contribution >= 4 is 35.0 Å². The Kier molecular flexibility index (Phi) is 4.48. The predicted octanol–water partition coefficient (Wildman–Crippen LogP) is 0.435. The molecule has 0 atom stereocenters. The number of carboxylic acids is 1. The number of fused-ring (bicyclic) bond motifs is 1. The number of carboxylic acid groups (broad SMARTS) is 1. The van der Waals surface area contributed by atoms with E-state index < -0.39 is 5.97 Å². The molecule has 8 heteroatoms. The van der Waals surface area contributed by atoms with Crippen LogP contribution in [0, 0.1) is 4.77 Å². The third-order valence-electron chi connectivity index (χ3n) is 4.20. The van der Waals surface area contributed by atoms with E-state index >= 15 is 0 Å². The number of carbonyl (C=O) groups excluding carboxylic acids is 2. The number of H-pyrrole nitrogens is 1. The second kappa shape index (κ2) is 6.56. The third kappa shape index (κ3) is 3.09. The van der Waals surface area contributed by atoms with Gasteiger partial charge in [0.2, 0.25) is 5.91 Å². The van der Waals surface area contributed by atoms with Crippen LogP contribution in [-0.2, 0) is 11.3 Å². The Hall–Kier alpha value is -2.48. The topological polar surface area (TPSA) is 98.2 Å². The lowest BCUT2D eigenvalue weighted by atomic mass is 10.1. The van der Waals surface area contributed by atoms with Crippen molar-refractivity contribution in [3.63, 3.8) is 0 Å². The van der Waals surface area contributed by atoms with Gasteiger partial charge in [-0.05, 0) is 42.8 Å². The first-order valence-electron chi connectivity index (χ1n) is 7.73. The molecule has 7 nitrogen and oxygen atoms in total. The van der Waals surface area contributed by atoms with Gasteiger partial charge in [-0.1, -0.05) is 6.07 Å². The molecule has 0 radical (unpaired) electrons. The zero-order valence-corrected chi connectivity index (χ0v) is 13.7. The number of hydrogen-bond acceptors (Lipinski definition) is 5. The SMILES string of the molecule is O=C([O-])c1ccc2c(=O)n(CCCN3CCCC3=O)c(=S)[nH]c2c1. The van der Waals surface area contributed by atoms with Gasteiger partial charge in [0, 0.05) is 26.1 Å². The predicted molar refractivity (Wildman–Crippen MR) is 88.2 cm³/mol. The van der Waals surface area contributed by atoms with Crippen LogP contribution in [-0.4, -0.2) is 39.4 Å². The fraction of sp³-hybridized carbons (Fsp3) is 0.375. The number of likely N-dealkylation sites (tertiary alicyclic amines) is 1. The highest BCUT2D eigenvalue weighted by Gasteiger charge is 2.19. The van der Waals surface area contributed by atoms with E-state index in [1.807, 2.05) is 0 Å². The second-order valence-corrected chi connectivity index (χ2v) is 6.16. The van der Waals surface area contributed by atoms with E-state index in [-0.39, 0.29) is 21.8 Å².